The van der Waals surface area contributed by atoms with E-state index in [1.165, 1.54) is 6.07 Å². The average Bonchev–Trinajstić information content (AvgIpc) is 3.08. The highest BCUT2D eigenvalue weighted by Gasteiger charge is 2.14. The Morgan fingerprint density at radius 3 is 2.85 bits per heavy atom. The molecule has 0 aliphatic rings. The number of carbonyl (C=O) groups excluding carboxylic acids is 1. The summed E-state index contributed by atoms with van der Waals surface area (Å²) in [5, 5.41) is 6.82. The number of carbonyl (C=O) groups is 1. The summed E-state index contributed by atoms with van der Waals surface area (Å²) in [4.78, 5) is 16.3. The van der Waals surface area contributed by atoms with Crippen molar-refractivity contribution in [3.8, 4) is 11.4 Å². The summed E-state index contributed by atoms with van der Waals surface area (Å²) in [6.07, 6.45) is 3.59. The molecule has 1 amide bonds. The van der Waals surface area contributed by atoms with Crippen LogP contribution in [-0.4, -0.2) is 28.6 Å². The standard InChI is InChI=1S/C18H25FN4O2.ClH/c1-3-4-5-14(11-20)21-16(24)8-9-17-22-18(23-25-17)13-6-7-15(19)12(2)10-13;/h6-7,10,14H,3-5,8-9,11,20H2,1-2H3,(H,21,24);1H. The molecule has 8 heteroatoms. The van der Waals surface area contributed by atoms with Crippen LogP contribution in [0.25, 0.3) is 11.4 Å². The van der Waals surface area contributed by atoms with Gasteiger partial charge in [-0.25, -0.2) is 4.39 Å². The Bertz CT molecular complexity index is 708. The summed E-state index contributed by atoms with van der Waals surface area (Å²) in [6, 6.07) is 4.64. The number of amides is 1. The number of rotatable bonds is 9. The first-order chi connectivity index (χ1) is 12.0. The van der Waals surface area contributed by atoms with E-state index in [0.717, 1.165) is 19.3 Å². The van der Waals surface area contributed by atoms with E-state index in [9.17, 15) is 9.18 Å². The molecule has 0 saturated heterocycles. The van der Waals surface area contributed by atoms with Gasteiger partial charge in [0.15, 0.2) is 0 Å². The zero-order valence-corrected chi connectivity index (χ0v) is 15.9. The number of nitrogens with zero attached hydrogens (tertiary/aromatic N) is 2. The van der Waals surface area contributed by atoms with Gasteiger partial charge in [-0.15, -0.1) is 12.4 Å². The molecule has 0 fully saturated rings. The second kappa shape index (κ2) is 10.9. The lowest BCUT2D eigenvalue weighted by Gasteiger charge is -2.15. The molecule has 144 valence electrons. The molecule has 1 unspecified atom stereocenters. The highest BCUT2D eigenvalue weighted by Crippen LogP contribution is 2.19. The number of nitrogens with one attached hydrogen (secondary N) is 1. The molecule has 2 aromatic rings. The van der Waals surface area contributed by atoms with E-state index in [1.807, 2.05) is 0 Å². The van der Waals surface area contributed by atoms with Crippen LogP contribution in [0.2, 0.25) is 0 Å². The maximum atomic E-state index is 13.3. The van der Waals surface area contributed by atoms with Crippen LogP contribution in [0, 0.1) is 12.7 Å². The average molecular weight is 385 g/mol. The fraction of sp³-hybridized carbons (Fsp3) is 0.500. The lowest BCUT2D eigenvalue weighted by Crippen LogP contribution is -2.40. The van der Waals surface area contributed by atoms with Crippen LogP contribution in [0.15, 0.2) is 22.7 Å². The molecule has 0 spiro atoms. The second-order valence-electron chi connectivity index (χ2n) is 6.12. The van der Waals surface area contributed by atoms with Crippen LogP contribution < -0.4 is 11.1 Å². The number of hydrogen-bond donors (Lipinski definition) is 2. The summed E-state index contributed by atoms with van der Waals surface area (Å²) in [6.45, 7) is 4.21. The minimum absolute atomic E-state index is 0. The molecule has 1 aromatic carbocycles. The van der Waals surface area contributed by atoms with Gasteiger partial charge < -0.3 is 15.6 Å². The smallest absolute Gasteiger partial charge is 0.227 e. The zero-order chi connectivity index (χ0) is 18.2. The topological polar surface area (TPSA) is 94.0 Å². The van der Waals surface area contributed by atoms with E-state index in [-0.39, 0.29) is 36.6 Å². The van der Waals surface area contributed by atoms with Crippen molar-refractivity contribution in [3.63, 3.8) is 0 Å². The van der Waals surface area contributed by atoms with Crippen molar-refractivity contribution in [1.82, 2.24) is 15.5 Å². The lowest BCUT2D eigenvalue weighted by atomic mass is 10.1. The number of aromatic nitrogens is 2. The molecule has 3 N–H and O–H groups in total. The van der Waals surface area contributed by atoms with Gasteiger partial charge in [-0.05, 0) is 37.1 Å². The van der Waals surface area contributed by atoms with Crippen LogP contribution in [-0.2, 0) is 11.2 Å². The van der Waals surface area contributed by atoms with Crippen molar-refractivity contribution in [2.75, 3.05) is 6.54 Å². The summed E-state index contributed by atoms with van der Waals surface area (Å²) < 4.78 is 18.5. The Labute approximate surface area is 159 Å². The molecule has 0 bridgehead atoms. The first-order valence-electron chi connectivity index (χ1n) is 8.62. The Kier molecular flexibility index (Phi) is 9.23. The summed E-state index contributed by atoms with van der Waals surface area (Å²) in [7, 11) is 0. The molecule has 0 saturated carbocycles. The highest BCUT2D eigenvalue weighted by atomic mass is 35.5. The summed E-state index contributed by atoms with van der Waals surface area (Å²) in [5.74, 6) is 0.414. The van der Waals surface area contributed by atoms with Gasteiger partial charge in [-0.3, -0.25) is 4.79 Å². The van der Waals surface area contributed by atoms with Crippen molar-refractivity contribution in [2.24, 2.45) is 5.73 Å². The molecule has 0 aliphatic carbocycles. The predicted molar refractivity (Wildman–Crippen MR) is 101 cm³/mol. The Hall–Kier alpha value is -1.99. The number of hydrogen-bond acceptors (Lipinski definition) is 5. The second-order valence-corrected chi connectivity index (χ2v) is 6.12. The van der Waals surface area contributed by atoms with E-state index >= 15 is 0 Å². The van der Waals surface area contributed by atoms with E-state index in [4.69, 9.17) is 10.3 Å². The van der Waals surface area contributed by atoms with Crippen LogP contribution in [0.5, 0.6) is 0 Å². The van der Waals surface area contributed by atoms with Gasteiger partial charge in [0.25, 0.3) is 0 Å². The number of unbranched alkanes of at least 4 members (excludes halogenated alkanes) is 1. The fourth-order valence-electron chi connectivity index (χ4n) is 2.48. The first kappa shape index (κ1) is 22.1. The van der Waals surface area contributed by atoms with Crippen molar-refractivity contribution >= 4 is 18.3 Å². The van der Waals surface area contributed by atoms with Gasteiger partial charge in [0.2, 0.25) is 17.6 Å². The third kappa shape index (κ3) is 6.38. The lowest BCUT2D eigenvalue weighted by molar-refractivity contribution is -0.121. The highest BCUT2D eigenvalue weighted by molar-refractivity contribution is 5.85. The third-order valence-electron chi connectivity index (χ3n) is 4.01. The normalized spacial score (nSPS) is 11.7. The maximum Gasteiger partial charge on any atom is 0.227 e. The van der Waals surface area contributed by atoms with Gasteiger partial charge in [0, 0.05) is 31.0 Å². The molecule has 0 aliphatic heterocycles. The monoisotopic (exact) mass is 384 g/mol. The largest absolute Gasteiger partial charge is 0.352 e. The van der Waals surface area contributed by atoms with Gasteiger partial charge in [0.05, 0.1) is 0 Å². The quantitative estimate of drug-likeness (QED) is 0.692. The molecule has 0 radical (unpaired) electrons. The van der Waals surface area contributed by atoms with Gasteiger partial charge in [-0.2, -0.15) is 4.98 Å². The number of benzene rings is 1. The number of halogens is 2. The first-order valence-corrected chi connectivity index (χ1v) is 8.62. The van der Waals surface area contributed by atoms with E-state index in [0.29, 0.717) is 35.8 Å². The van der Waals surface area contributed by atoms with Crippen LogP contribution in [0.4, 0.5) is 4.39 Å². The minimum atomic E-state index is -0.276. The Morgan fingerprint density at radius 2 is 2.19 bits per heavy atom. The maximum absolute atomic E-state index is 13.3. The Balaban J connectivity index is 0.00000338. The van der Waals surface area contributed by atoms with Crippen LogP contribution in [0.1, 0.15) is 44.1 Å². The van der Waals surface area contributed by atoms with E-state index in [1.54, 1.807) is 19.1 Å². The molecule has 26 heavy (non-hydrogen) atoms. The molecule has 1 atom stereocenters. The molecule has 1 aromatic heterocycles. The number of aryl methyl sites for hydroxylation is 2. The van der Waals surface area contributed by atoms with E-state index < -0.39 is 0 Å². The Morgan fingerprint density at radius 1 is 1.42 bits per heavy atom. The summed E-state index contributed by atoms with van der Waals surface area (Å²) in [5.41, 5.74) is 6.88. The SMILES string of the molecule is CCCCC(CN)NC(=O)CCc1nc(-c2ccc(F)c(C)c2)no1.Cl. The van der Waals surface area contributed by atoms with Crippen molar-refractivity contribution in [2.45, 2.75) is 52.0 Å². The molecule has 1 heterocycles. The van der Waals surface area contributed by atoms with Gasteiger partial charge in [0.1, 0.15) is 5.82 Å². The minimum Gasteiger partial charge on any atom is -0.352 e. The van der Waals surface area contributed by atoms with Crippen LogP contribution in [0.3, 0.4) is 0 Å². The fourth-order valence-corrected chi connectivity index (χ4v) is 2.48. The molecular formula is C18H26ClFN4O2. The van der Waals surface area contributed by atoms with E-state index in [2.05, 4.69) is 22.4 Å². The van der Waals surface area contributed by atoms with Gasteiger partial charge >= 0.3 is 0 Å². The predicted octanol–water partition coefficient (Wildman–Crippen LogP) is 3.17. The molecular weight excluding hydrogens is 359 g/mol. The third-order valence-corrected chi connectivity index (χ3v) is 4.01. The molecule has 2 rings (SSSR count). The van der Waals surface area contributed by atoms with Crippen molar-refractivity contribution < 1.29 is 13.7 Å². The van der Waals surface area contributed by atoms with Crippen LogP contribution >= 0.6 is 12.4 Å². The van der Waals surface area contributed by atoms with Gasteiger partial charge in [-0.1, -0.05) is 24.9 Å². The zero-order valence-electron chi connectivity index (χ0n) is 15.1. The van der Waals surface area contributed by atoms with Crippen molar-refractivity contribution in [3.05, 3.63) is 35.5 Å². The van der Waals surface area contributed by atoms with Crippen molar-refractivity contribution in [1.29, 1.82) is 0 Å². The molecule has 6 nitrogen and oxygen atoms in total. The number of nitrogens with two attached hydrogens (primary N) is 1. The summed E-state index contributed by atoms with van der Waals surface area (Å²) >= 11 is 0.